The molecule has 0 aromatic heterocycles. The summed E-state index contributed by atoms with van der Waals surface area (Å²) in [7, 11) is 0. The lowest BCUT2D eigenvalue weighted by molar-refractivity contribution is -0.127. The van der Waals surface area contributed by atoms with Crippen molar-refractivity contribution in [1.82, 2.24) is 10.6 Å². The molecule has 0 saturated carbocycles. The Morgan fingerprint density at radius 1 is 1.07 bits per heavy atom. The summed E-state index contributed by atoms with van der Waals surface area (Å²) in [6.07, 6.45) is 3.11. The molecule has 2 aromatic carbocycles. The van der Waals surface area contributed by atoms with Gasteiger partial charge in [-0.2, -0.15) is 0 Å². The number of benzene rings is 2. The number of amides is 2. The Bertz CT molecular complexity index is 823. The van der Waals surface area contributed by atoms with Crippen LogP contribution < -0.4 is 15.4 Å². The summed E-state index contributed by atoms with van der Waals surface area (Å²) in [6, 6.07) is 16.8. The topological polar surface area (TPSA) is 67.4 Å². The molecule has 28 heavy (non-hydrogen) atoms. The van der Waals surface area contributed by atoms with Crippen LogP contribution in [0.15, 0.2) is 60.7 Å². The first-order chi connectivity index (χ1) is 13.2. The number of rotatable bonds is 7. The summed E-state index contributed by atoms with van der Waals surface area (Å²) in [5, 5.41) is 5.50. The second kappa shape index (κ2) is 9.74. The van der Waals surface area contributed by atoms with Crippen molar-refractivity contribution in [2.45, 2.75) is 45.9 Å². The second-order valence-corrected chi connectivity index (χ2v) is 7.65. The minimum Gasteiger partial charge on any atom is -0.489 e. The van der Waals surface area contributed by atoms with E-state index >= 15 is 0 Å². The Balaban J connectivity index is 1.89. The Morgan fingerprint density at radius 2 is 1.79 bits per heavy atom. The maximum absolute atomic E-state index is 12.1. The predicted octanol–water partition coefficient (Wildman–Crippen LogP) is 3.70. The molecule has 0 spiro atoms. The van der Waals surface area contributed by atoms with Crippen LogP contribution in [0.25, 0.3) is 6.08 Å². The van der Waals surface area contributed by atoms with Crippen LogP contribution in [0.2, 0.25) is 0 Å². The van der Waals surface area contributed by atoms with Gasteiger partial charge in [0.15, 0.2) is 0 Å². The highest BCUT2D eigenvalue weighted by Gasteiger charge is 2.19. The highest BCUT2D eigenvalue weighted by atomic mass is 16.5. The summed E-state index contributed by atoms with van der Waals surface area (Å²) in [5.74, 6) is 0.182. The number of hydrogen-bond acceptors (Lipinski definition) is 3. The second-order valence-electron chi connectivity index (χ2n) is 7.65. The van der Waals surface area contributed by atoms with Crippen LogP contribution >= 0.6 is 0 Å². The van der Waals surface area contributed by atoms with Gasteiger partial charge in [-0.25, -0.2) is 0 Å². The van der Waals surface area contributed by atoms with E-state index in [1.54, 1.807) is 13.0 Å². The summed E-state index contributed by atoms with van der Waals surface area (Å²) in [6.45, 7) is 7.82. The standard InChI is InChI=1S/C23H28N2O3/c1-17(22(27)25-23(2,3)4)24-21(26)14-13-18-11-8-12-20(15-18)28-16-19-9-6-5-7-10-19/h5-15,17H,16H2,1-4H3,(H,24,26)(H,25,27)/b14-13+. The lowest BCUT2D eigenvalue weighted by Crippen LogP contribution is -2.50. The molecule has 0 aliphatic heterocycles. The lowest BCUT2D eigenvalue weighted by Gasteiger charge is -2.23. The number of carbonyl (C=O) groups is 2. The van der Waals surface area contributed by atoms with Crippen molar-refractivity contribution in [2.24, 2.45) is 0 Å². The van der Waals surface area contributed by atoms with Gasteiger partial charge in [0, 0.05) is 11.6 Å². The largest absolute Gasteiger partial charge is 0.489 e. The van der Waals surface area contributed by atoms with Gasteiger partial charge in [0.1, 0.15) is 18.4 Å². The van der Waals surface area contributed by atoms with Crippen LogP contribution in [0.1, 0.15) is 38.8 Å². The van der Waals surface area contributed by atoms with Crippen molar-refractivity contribution in [3.63, 3.8) is 0 Å². The Kier molecular flexibility index (Phi) is 7.38. The zero-order chi connectivity index (χ0) is 20.6. The fourth-order valence-corrected chi connectivity index (χ4v) is 2.43. The molecular formula is C23H28N2O3. The first kappa shape index (κ1) is 21.2. The summed E-state index contributed by atoms with van der Waals surface area (Å²) < 4.78 is 5.79. The first-order valence-corrected chi connectivity index (χ1v) is 9.30. The Morgan fingerprint density at radius 3 is 2.46 bits per heavy atom. The van der Waals surface area contributed by atoms with Crippen LogP contribution in [0.3, 0.4) is 0 Å². The number of nitrogens with one attached hydrogen (secondary N) is 2. The first-order valence-electron chi connectivity index (χ1n) is 9.30. The fourth-order valence-electron chi connectivity index (χ4n) is 2.43. The van der Waals surface area contributed by atoms with Gasteiger partial charge in [0.05, 0.1) is 0 Å². The van der Waals surface area contributed by atoms with Crippen molar-refractivity contribution in [3.05, 3.63) is 71.8 Å². The molecule has 2 aromatic rings. The molecule has 0 fully saturated rings. The molecular weight excluding hydrogens is 352 g/mol. The molecule has 5 nitrogen and oxygen atoms in total. The minimum absolute atomic E-state index is 0.217. The van der Waals surface area contributed by atoms with Crippen LogP contribution in [0.5, 0.6) is 5.75 Å². The summed E-state index contributed by atoms with van der Waals surface area (Å²) in [5.41, 5.74) is 1.59. The van der Waals surface area contributed by atoms with Gasteiger partial charge < -0.3 is 15.4 Å². The van der Waals surface area contributed by atoms with Crippen LogP contribution in [0.4, 0.5) is 0 Å². The third-order valence-electron chi connectivity index (χ3n) is 3.78. The number of ether oxygens (including phenoxy) is 1. The third-order valence-corrected chi connectivity index (χ3v) is 3.78. The SMILES string of the molecule is CC(NC(=O)/C=C/c1cccc(OCc2ccccc2)c1)C(=O)NC(C)(C)C. The average molecular weight is 380 g/mol. The molecule has 2 rings (SSSR count). The molecule has 2 N–H and O–H groups in total. The molecule has 1 atom stereocenters. The van der Waals surface area contributed by atoms with E-state index in [4.69, 9.17) is 4.74 Å². The zero-order valence-corrected chi connectivity index (χ0v) is 16.9. The predicted molar refractivity (Wildman–Crippen MR) is 112 cm³/mol. The molecule has 0 aliphatic rings. The van der Waals surface area contributed by atoms with E-state index < -0.39 is 6.04 Å². The van der Waals surface area contributed by atoms with Gasteiger partial charge in [0.2, 0.25) is 11.8 Å². The van der Waals surface area contributed by atoms with E-state index in [0.717, 1.165) is 16.9 Å². The van der Waals surface area contributed by atoms with Crippen molar-refractivity contribution in [3.8, 4) is 5.75 Å². The quantitative estimate of drug-likeness (QED) is 0.720. The fraction of sp³-hybridized carbons (Fsp3) is 0.304. The number of hydrogen-bond donors (Lipinski definition) is 2. The van der Waals surface area contributed by atoms with Gasteiger partial charge in [-0.1, -0.05) is 42.5 Å². The van der Waals surface area contributed by atoms with Gasteiger partial charge in [-0.15, -0.1) is 0 Å². The van der Waals surface area contributed by atoms with Crippen molar-refractivity contribution in [2.75, 3.05) is 0 Å². The summed E-state index contributed by atoms with van der Waals surface area (Å²) >= 11 is 0. The molecule has 1 unspecified atom stereocenters. The van der Waals surface area contributed by atoms with Crippen molar-refractivity contribution in [1.29, 1.82) is 0 Å². The molecule has 0 aliphatic carbocycles. The molecule has 5 heteroatoms. The smallest absolute Gasteiger partial charge is 0.244 e. The average Bonchev–Trinajstić information content (AvgIpc) is 2.64. The number of carbonyl (C=O) groups excluding carboxylic acids is 2. The molecule has 0 heterocycles. The van der Waals surface area contributed by atoms with Crippen LogP contribution in [-0.4, -0.2) is 23.4 Å². The normalized spacial score (nSPS) is 12.4. The van der Waals surface area contributed by atoms with Crippen molar-refractivity contribution >= 4 is 17.9 Å². The zero-order valence-electron chi connectivity index (χ0n) is 16.9. The van der Waals surface area contributed by atoms with Crippen LogP contribution in [0, 0.1) is 0 Å². The van der Waals surface area contributed by atoms with Gasteiger partial charge in [-0.3, -0.25) is 9.59 Å². The molecule has 0 saturated heterocycles. The molecule has 148 valence electrons. The lowest BCUT2D eigenvalue weighted by atomic mass is 10.1. The van der Waals surface area contributed by atoms with Crippen LogP contribution in [-0.2, 0) is 16.2 Å². The van der Waals surface area contributed by atoms with Crippen molar-refractivity contribution < 1.29 is 14.3 Å². The molecule has 0 bridgehead atoms. The third kappa shape index (κ3) is 7.66. The summed E-state index contributed by atoms with van der Waals surface area (Å²) in [4.78, 5) is 24.1. The van der Waals surface area contributed by atoms with Gasteiger partial charge in [-0.05, 0) is 57.0 Å². The maximum atomic E-state index is 12.1. The van der Waals surface area contributed by atoms with E-state index in [2.05, 4.69) is 10.6 Å². The molecule has 2 amide bonds. The highest BCUT2D eigenvalue weighted by molar-refractivity contribution is 5.95. The monoisotopic (exact) mass is 380 g/mol. The van der Waals surface area contributed by atoms with Gasteiger partial charge >= 0.3 is 0 Å². The van der Waals surface area contributed by atoms with Gasteiger partial charge in [0.25, 0.3) is 0 Å². The van der Waals surface area contributed by atoms with E-state index in [0.29, 0.717) is 6.61 Å². The van der Waals surface area contributed by atoms with E-state index in [-0.39, 0.29) is 17.4 Å². The maximum Gasteiger partial charge on any atom is 0.244 e. The minimum atomic E-state index is -0.614. The Labute approximate surface area is 166 Å². The molecule has 0 radical (unpaired) electrons. The Hall–Kier alpha value is -3.08. The highest BCUT2D eigenvalue weighted by Crippen LogP contribution is 2.16. The van der Waals surface area contributed by atoms with E-state index in [9.17, 15) is 9.59 Å². The van der Waals surface area contributed by atoms with E-state index in [1.165, 1.54) is 6.08 Å². The van der Waals surface area contributed by atoms with E-state index in [1.807, 2.05) is 75.4 Å².